The molecule has 1 aromatic carbocycles. The first-order valence-corrected chi connectivity index (χ1v) is 8.02. The number of halogens is 1. The fourth-order valence-electron chi connectivity index (χ4n) is 3.41. The van der Waals surface area contributed by atoms with Gasteiger partial charge < -0.3 is 5.73 Å². The molecule has 22 heavy (non-hydrogen) atoms. The highest BCUT2D eigenvalue weighted by Gasteiger charge is 2.32. The van der Waals surface area contributed by atoms with E-state index in [1.165, 1.54) is 0 Å². The van der Waals surface area contributed by atoms with E-state index in [0.717, 1.165) is 30.5 Å². The number of benzene rings is 1. The minimum atomic E-state index is -0.279. The fraction of sp³-hybridized carbons (Fsp3) is 0.611. The summed E-state index contributed by atoms with van der Waals surface area (Å²) in [6.07, 6.45) is 2.06. The van der Waals surface area contributed by atoms with E-state index in [4.69, 9.17) is 5.73 Å². The molecular weight excluding hydrogens is 279 g/mol. The molecule has 1 amide bonds. The lowest BCUT2D eigenvalue weighted by molar-refractivity contribution is -0.126. The van der Waals surface area contributed by atoms with Crippen molar-refractivity contribution in [2.75, 3.05) is 6.54 Å². The van der Waals surface area contributed by atoms with Gasteiger partial charge in [-0.25, -0.2) is 4.39 Å². The first kappa shape index (κ1) is 16.9. The van der Waals surface area contributed by atoms with Gasteiger partial charge in [-0.1, -0.05) is 39.8 Å². The van der Waals surface area contributed by atoms with Gasteiger partial charge in [0.1, 0.15) is 5.82 Å². The van der Waals surface area contributed by atoms with Crippen LogP contribution < -0.4 is 5.73 Å². The molecular formula is C18H27FN2O. The number of carbonyl (C=O) groups excluding carboxylic acids is 1. The smallest absolute Gasteiger partial charge is 0.235 e. The lowest BCUT2D eigenvalue weighted by Gasteiger charge is -2.38. The Morgan fingerprint density at radius 3 is 2.64 bits per heavy atom. The van der Waals surface area contributed by atoms with Crippen LogP contribution in [0.4, 0.5) is 4.39 Å². The number of nitrogens with zero attached hydrogens (tertiary/aromatic N) is 1. The molecule has 1 aromatic rings. The SMILES string of the molecule is CC1CCCN(Cc2ccc(C(C)(C)C)c(F)c2)C1C(N)=O. The quantitative estimate of drug-likeness (QED) is 0.932. The predicted octanol–water partition coefficient (Wildman–Crippen LogP) is 3.21. The van der Waals surface area contributed by atoms with E-state index in [1.54, 1.807) is 6.07 Å². The van der Waals surface area contributed by atoms with Crippen LogP contribution in [0.5, 0.6) is 0 Å². The van der Waals surface area contributed by atoms with Gasteiger partial charge in [-0.3, -0.25) is 9.69 Å². The van der Waals surface area contributed by atoms with Crippen molar-refractivity contribution in [1.82, 2.24) is 4.90 Å². The van der Waals surface area contributed by atoms with E-state index in [2.05, 4.69) is 11.8 Å². The van der Waals surface area contributed by atoms with Crippen LogP contribution in [0.2, 0.25) is 0 Å². The topological polar surface area (TPSA) is 46.3 Å². The molecule has 0 aromatic heterocycles. The summed E-state index contributed by atoms with van der Waals surface area (Å²) < 4.78 is 14.3. The number of carbonyl (C=O) groups is 1. The average Bonchev–Trinajstić information content (AvgIpc) is 2.36. The summed E-state index contributed by atoms with van der Waals surface area (Å²) in [5, 5.41) is 0. The normalized spacial score (nSPS) is 23.5. The van der Waals surface area contributed by atoms with Crippen LogP contribution in [-0.2, 0) is 16.8 Å². The second kappa shape index (κ2) is 6.37. The van der Waals surface area contributed by atoms with Crippen molar-refractivity contribution in [3.05, 3.63) is 35.1 Å². The highest BCUT2D eigenvalue weighted by atomic mass is 19.1. The molecule has 122 valence electrons. The number of amides is 1. The molecule has 2 unspecified atom stereocenters. The van der Waals surface area contributed by atoms with Gasteiger partial charge >= 0.3 is 0 Å². The third-order valence-electron chi connectivity index (χ3n) is 4.56. The van der Waals surface area contributed by atoms with Gasteiger partial charge in [-0.05, 0) is 47.9 Å². The van der Waals surface area contributed by atoms with Gasteiger partial charge in [0.15, 0.2) is 0 Å². The number of hydrogen-bond donors (Lipinski definition) is 1. The molecule has 3 nitrogen and oxygen atoms in total. The van der Waals surface area contributed by atoms with Crippen molar-refractivity contribution in [3.8, 4) is 0 Å². The summed E-state index contributed by atoms with van der Waals surface area (Å²) in [7, 11) is 0. The van der Waals surface area contributed by atoms with E-state index in [1.807, 2.05) is 32.9 Å². The number of primary amides is 1. The van der Waals surface area contributed by atoms with Crippen molar-refractivity contribution in [2.45, 2.75) is 58.5 Å². The molecule has 0 radical (unpaired) electrons. The lowest BCUT2D eigenvalue weighted by Crippen LogP contribution is -2.51. The van der Waals surface area contributed by atoms with Crippen LogP contribution in [0.15, 0.2) is 18.2 Å². The van der Waals surface area contributed by atoms with Gasteiger partial charge in [0.05, 0.1) is 6.04 Å². The van der Waals surface area contributed by atoms with Crippen LogP contribution in [0, 0.1) is 11.7 Å². The Hall–Kier alpha value is -1.42. The summed E-state index contributed by atoms with van der Waals surface area (Å²) in [4.78, 5) is 13.8. The molecule has 0 aliphatic carbocycles. The minimum Gasteiger partial charge on any atom is -0.368 e. The van der Waals surface area contributed by atoms with Crippen LogP contribution in [0.25, 0.3) is 0 Å². The number of piperidine rings is 1. The van der Waals surface area contributed by atoms with Crippen molar-refractivity contribution < 1.29 is 9.18 Å². The molecule has 4 heteroatoms. The summed E-state index contributed by atoms with van der Waals surface area (Å²) >= 11 is 0. The summed E-state index contributed by atoms with van der Waals surface area (Å²) in [6, 6.07) is 5.16. The van der Waals surface area contributed by atoms with Crippen molar-refractivity contribution in [3.63, 3.8) is 0 Å². The molecule has 1 fully saturated rings. The van der Waals surface area contributed by atoms with E-state index in [9.17, 15) is 9.18 Å². The van der Waals surface area contributed by atoms with Crippen LogP contribution in [0.3, 0.4) is 0 Å². The first-order chi connectivity index (χ1) is 10.2. The summed E-state index contributed by atoms with van der Waals surface area (Å²) in [6.45, 7) is 9.46. The van der Waals surface area contributed by atoms with Gasteiger partial charge in [0, 0.05) is 6.54 Å². The second-order valence-corrected chi connectivity index (χ2v) is 7.50. The van der Waals surface area contributed by atoms with E-state index < -0.39 is 0 Å². The largest absolute Gasteiger partial charge is 0.368 e. The minimum absolute atomic E-state index is 0.175. The van der Waals surface area contributed by atoms with Crippen LogP contribution in [0.1, 0.15) is 51.7 Å². The molecule has 0 bridgehead atoms. The van der Waals surface area contributed by atoms with Gasteiger partial charge in [-0.2, -0.15) is 0 Å². The number of hydrogen-bond acceptors (Lipinski definition) is 2. The van der Waals surface area contributed by atoms with Crippen molar-refractivity contribution >= 4 is 5.91 Å². The molecule has 2 atom stereocenters. The Balaban J connectivity index is 2.19. The Bertz CT molecular complexity index is 551. The van der Waals surface area contributed by atoms with E-state index in [-0.39, 0.29) is 29.1 Å². The second-order valence-electron chi connectivity index (χ2n) is 7.50. The fourth-order valence-corrected chi connectivity index (χ4v) is 3.41. The Morgan fingerprint density at radius 2 is 2.09 bits per heavy atom. The number of nitrogens with two attached hydrogens (primary N) is 1. The molecule has 0 spiro atoms. The molecule has 1 aliphatic heterocycles. The maximum Gasteiger partial charge on any atom is 0.235 e. The maximum absolute atomic E-state index is 14.3. The first-order valence-electron chi connectivity index (χ1n) is 8.02. The van der Waals surface area contributed by atoms with E-state index >= 15 is 0 Å². The zero-order valence-corrected chi connectivity index (χ0v) is 14.0. The Kier molecular flexibility index (Phi) is 4.90. The zero-order chi connectivity index (χ0) is 16.5. The van der Waals surface area contributed by atoms with Crippen molar-refractivity contribution in [2.24, 2.45) is 11.7 Å². The Morgan fingerprint density at radius 1 is 1.41 bits per heavy atom. The molecule has 1 saturated heterocycles. The van der Waals surface area contributed by atoms with Gasteiger partial charge in [0.25, 0.3) is 0 Å². The van der Waals surface area contributed by atoms with Gasteiger partial charge in [-0.15, -0.1) is 0 Å². The lowest BCUT2D eigenvalue weighted by atomic mass is 9.86. The molecule has 2 rings (SSSR count). The Labute approximate surface area is 132 Å². The maximum atomic E-state index is 14.3. The summed E-state index contributed by atoms with van der Waals surface area (Å²) in [5.41, 5.74) is 6.96. The zero-order valence-electron chi connectivity index (χ0n) is 14.0. The average molecular weight is 306 g/mol. The van der Waals surface area contributed by atoms with Crippen molar-refractivity contribution in [1.29, 1.82) is 0 Å². The van der Waals surface area contributed by atoms with Crippen LogP contribution in [-0.4, -0.2) is 23.4 Å². The van der Waals surface area contributed by atoms with E-state index in [0.29, 0.717) is 6.54 Å². The molecule has 1 heterocycles. The molecule has 0 saturated carbocycles. The van der Waals surface area contributed by atoms with Gasteiger partial charge in [0.2, 0.25) is 5.91 Å². The number of rotatable bonds is 3. The highest BCUT2D eigenvalue weighted by molar-refractivity contribution is 5.80. The third kappa shape index (κ3) is 3.67. The summed E-state index contributed by atoms with van der Waals surface area (Å²) in [5.74, 6) is -0.199. The highest BCUT2D eigenvalue weighted by Crippen LogP contribution is 2.28. The standard InChI is InChI=1S/C18H27FN2O/c1-12-6-5-9-21(16(12)17(20)22)11-13-7-8-14(15(19)10-13)18(2,3)4/h7-8,10,12,16H,5-6,9,11H2,1-4H3,(H2,20,22). The number of likely N-dealkylation sites (tertiary alicyclic amines) is 1. The third-order valence-corrected chi connectivity index (χ3v) is 4.56. The predicted molar refractivity (Wildman–Crippen MR) is 86.9 cm³/mol. The van der Waals surface area contributed by atoms with Crippen LogP contribution >= 0.6 is 0 Å². The monoisotopic (exact) mass is 306 g/mol. The molecule has 1 aliphatic rings. The molecule has 2 N–H and O–H groups in total.